The molecule has 0 bridgehead atoms. The van der Waals surface area contributed by atoms with Crippen molar-refractivity contribution < 1.29 is 0 Å². The summed E-state index contributed by atoms with van der Waals surface area (Å²) < 4.78 is 0. The van der Waals surface area contributed by atoms with Gasteiger partial charge in [0.2, 0.25) is 0 Å². The lowest BCUT2D eigenvalue weighted by Gasteiger charge is -2.19. The van der Waals surface area contributed by atoms with Crippen LogP contribution in [0.2, 0.25) is 0 Å². The molecular weight excluding hydrogens is 122 g/mol. The van der Waals surface area contributed by atoms with Gasteiger partial charge in [-0.1, -0.05) is 18.1 Å². The van der Waals surface area contributed by atoms with E-state index in [2.05, 4.69) is 28.9 Å². The Hall–Kier alpha value is -0.740. The van der Waals surface area contributed by atoms with Crippen LogP contribution >= 0.6 is 0 Å². The van der Waals surface area contributed by atoms with Gasteiger partial charge in [-0.2, -0.15) is 0 Å². The molecule has 10 heavy (non-hydrogen) atoms. The molecule has 1 heterocycles. The van der Waals surface area contributed by atoms with Crippen LogP contribution in [0, 0.1) is 11.8 Å². The zero-order valence-corrected chi connectivity index (χ0v) is 6.43. The van der Waals surface area contributed by atoms with Gasteiger partial charge < -0.3 is 0 Å². The van der Waals surface area contributed by atoms with Crippen LogP contribution in [0.3, 0.4) is 0 Å². The summed E-state index contributed by atoms with van der Waals surface area (Å²) >= 11 is 0. The maximum atomic E-state index is 3.06. The molecule has 0 spiro atoms. The maximum Gasteiger partial charge on any atom is 0.0604 e. The van der Waals surface area contributed by atoms with E-state index in [0.29, 0.717) is 0 Å². The van der Waals surface area contributed by atoms with E-state index < -0.39 is 0 Å². The largest absolute Gasteiger partial charge is 0.288 e. The standard InChI is InChI=1S/C9H13N/c1-2-3-7-10-8-5-4-6-9-10/h4-5H,6-9H2,1H3. The van der Waals surface area contributed by atoms with E-state index in [1.807, 2.05) is 6.92 Å². The fourth-order valence-corrected chi connectivity index (χ4v) is 1.02. The minimum absolute atomic E-state index is 0.931. The predicted molar refractivity (Wildman–Crippen MR) is 43.6 cm³/mol. The van der Waals surface area contributed by atoms with Crippen molar-refractivity contribution in [3.63, 3.8) is 0 Å². The molecule has 0 fully saturated rings. The summed E-state index contributed by atoms with van der Waals surface area (Å²) in [7, 11) is 0. The van der Waals surface area contributed by atoms with Crippen molar-refractivity contribution in [3.8, 4) is 11.8 Å². The Kier molecular flexibility index (Phi) is 3.05. The average Bonchev–Trinajstić information content (AvgIpc) is 2.03. The molecule has 54 valence electrons. The van der Waals surface area contributed by atoms with Crippen molar-refractivity contribution in [2.45, 2.75) is 13.3 Å². The van der Waals surface area contributed by atoms with Crippen LogP contribution in [0.4, 0.5) is 0 Å². The van der Waals surface area contributed by atoms with Crippen molar-refractivity contribution in [3.05, 3.63) is 12.2 Å². The fraction of sp³-hybridized carbons (Fsp3) is 0.556. The fourth-order valence-electron chi connectivity index (χ4n) is 1.02. The van der Waals surface area contributed by atoms with Crippen molar-refractivity contribution >= 4 is 0 Å². The van der Waals surface area contributed by atoms with Gasteiger partial charge in [0.05, 0.1) is 6.54 Å². The van der Waals surface area contributed by atoms with Crippen LogP contribution in [-0.4, -0.2) is 24.5 Å². The first-order valence-corrected chi connectivity index (χ1v) is 3.70. The smallest absolute Gasteiger partial charge is 0.0604 e. The summed E-state index contributed by atoms with van der Waals surface area (Å²) in [6.45, 7) is 5.07. The van der Waals surface area contributed by atoms with Gasteiger partial charge in [-0.25, -0.2) is 0 Å². The lowest BCUT2D eigenvalue weighted by molar-refractivity contribution is 0.336. The number of hydrogen-bond donors (Lipinski definition) is 0. The minimum Gasteiger partial charge on any atom is -0.288 e. The molecule has 0 radical (unpaired) electrons. The van der Waals surface area contributed by atoms with Crippen LogP contribution in [0.5, 0.6) is 0 Å². The highest BCUT2D eigenvalue weighted by atomic mass is 15.1. The van der Waals surface area contributed by atoms with E-state index in [9.17, 15) is 0 Å². The van der Waals surface area contributed by atoms with E-state index in [0.717, 1.165) is 13.1 Å². The van der Waals surface area contributed by atoms with Crippen molar-refractivity contribution in [1.82, 2.24) is 4.90 Å². The highest BCUT2D eigenvalue weighted by molar-refractivity contribution is 5.00. The normalized spacial score (nSPS) is 18.1. The quantitative estimate of drug-likeness (QED) is 0.386. The molecule has 0 unspecified atom stereocenters. The molecule has 1 nitrogen and oxygen atoms in total. The second kappa shape index (κ2) is 4.14. The molecule has 0 saturated heterocycles. The lowest BCUT2D eigenvalue weighted by atomic mass is 10.2. The number of hydrogen-bond acceptors (Lipinski definition) is 1. The van der Waals surface area contributed by atoms with E-state index in [-0.39, 0.29) is 0 Å². The topological polar surface area (TPSA) is 3.24 Å². The summed E-state index contributed by atoms with van der Waals surface area (Å²) in [5.74, 6) is 5.96. The Balaban J connectivity index is 2.26. The Morgan fingerprint density at radius 3 is 3.00 bits per heavy atom. The van der Waals surface area contributed by atoms with Gasteiger partial charge in [0.25, 0.3) is 0 Å². The SMILES string of the molecule is CC#CCN1CC=CCC1. The second-order valence-electron chi connectivity index (χ2n) is 2.42. The summed E-state index contributed by atoms with van der Waals surface area (Å²) in [6.07, 6.45) is 5.63. The van der Waals surface area contributed by atoms with Crippen LogP contribution in [0.1, 0.15) is 13.3 Å². The minimum atomic E-state index is 0.931. The zero-order valence-electron chi connectivity index (χ0n) is 6.43. The summed E-state index contributed by atoms with van der Waals surface area (Å²) in [5, 5.41) is 0. The molecule has 0 atom stereocenters. The third kappa shape index (κ3) is 2.24. The van der Waals surface area contributed by atoms with E-state index in [1.165, 1.54) is 13.0 Å². The van der Waals surface area contributed by atoms with Crippen LogP contribution in [0.25, 0.3) is 0 Å². The van der Waals surface area contributed by atoms with Crippen LogP contribution in [0.15, 0.2) is 12.2 Å². The van der Waals surface area contributed by atoms with E-state index in [1.54, 1.807) is 0 Å². The first-order chi connectivity index (χ1) is 4.93. The molecular formula is C9H13N. The van der Waals surface area contributed by atoms with Crippen LogP contribution < -0.4 is 0 Å². The molecule has 0 aromatic carbocycles. The Morgan fingerprint density at radius 2 is 2.40 bits per heavy atom. The molecule has 0 saturated carbocycles. The molecule has 0 N–H and O–H groups in total. The molecule has 0 amide bonds. The van der Waals surface area contributed by atoms with Gasteiger partial charge in [0, 0.05) is 13.1 Å². The summed E-state index contributed by atoms with van der Waals surface area (Å²) in [5.41, 5.74) is 0. The molecule has 1 aliphatic rings. The van der Waals surface area contributed by atoms with Crippen molar-refractivity contribution in [2.24, 2.45) is 0 Å². The predicted octanol–water partition coefficient (Wildman–Crippen LogP) is 1.27. The molecule has 0 aliphatic carbocycles. The Morgan fingerprint density at radius 1 is 1.50 bits per heavy atom. The number of rotatable bonds is 1. The maximum absolute atomic E-state index is 3.06. The van der Waals surface area contributed by atoms with Crippen LogP contribution in [-0.2, 0) is 0 Å². The molecule has 1 heteroatoms. The van der Waals surface area contributed by atoms with Gasteiger partial charge in [0.1, 0.15) is 0 Å². The van der Waals surface area contributed by atoms with Crippen molar-refractivity contribution in [2.75, 3.05) is 19.6 Å². The highest BCUT2D eigenvalue weighted by Gasteiger charge is 2.01. The monoisotopic (exact) mass is 135 g/mol. The molecule has 1 rings (SSSR count). The Labute approximate surface area is 62.7 Å². The van der Waals surface area contributed by atoms with Crippen molar-refractivity contribution in [1.29, 1.82) is 0 Å². The Bertz CT molecular complexity index is 171. The highest BCUT2D eigenvalue weighted by Crippen LogP contribution is 1.98. The van der Waals surface area contributed by atoms with Gasteiger partial charge in [-0.15, -0.1) is 5.92 Å². The van der Waals surface area contributed by atoms with E-state index >= 15 is 0 Å². The van der Waals surface area contributed by atoms with Gasteiger partial charge in [-0.3, -0.25) is 4.90 Å². The molecule has 1 aliphatic heterocycles. The summed E-state index contributed by atoms with van der Waals surface area (Å²) in [4.78, 5) is 2.34. The third-order valence-corrected chi connectivity index (χ3v) is 1.62. The van der Waals surface area contributed by atoms with Gasteiger partial charge >= 0.3 is 0 Å². The van der Waals surface area contributed by atoms with Gasteiger partial charge in [-0.05, 0) is 13.3 Å². The first kappa shape index (κ1) is 7.37. The second-order valence-corrected chi connectivity index (χ2v) is 2.42. The molecule has 0 aromatic rings. The van der Waals surface area contributed by atoms with Gasteiger partial charge in [0.15, 0.2) is 0 Å². The number of nitrogens with zero attached hydrogens (tertiary/aromatic N) is 1. The average molecular weight is 135 g/mol. The third-order valence-electron chi connectivity index (χ3n) is 1.62. The summed E-state index contributed by atoms with van der Waals surface area (Å²) in [6, 6.07) is 0. The van der Waals surface area contributed by atoms with E-state index in [4.69, 9.17) is 0 Å². The first-order valence-electron chi connectivity index (χ1n) is 3.70. The zero-order chi connectivity index (χ0) is 7.23. The molecule has 0 aromatic heterocycles. The lowest BCUT2D eigenvalue weighted by Crippen LogP contribution is -2.27.